The van der Waals surface area contributed by atoms with Crippen LogP contribution in [-0.2, 0) is 6.42 Å². The third kappa shape index (κ3) is 4.05. The van der Waals surface area contributed by atoms with E-state index in [4.69, 9.17) is 27.9 Å². The Balaban J connectivity index is 1.95. The van der Waals surface area contributed by atoms with Crippen LogP contribution in [0.2, 0.25) is 10.0 Å². The highest BCUT2D eigenvalue weighted by Crippen LogP contribution is 2.33. The predicted molar refractivity (Wildman–Crippen MR) is 89.3 cm³/mol. The number of hydrogen-bond donors (Lipinski definition) is 1. The summed E-state index contributed by atoms with van der Waals surface area (Å²) in [7, 11) is 1.66. The van der Waals surface area contributed by atoms with Crippen molar-refractivity contribution in [1.29, 1.82) is 0 Å². The molecule has 0 amide bonds. The van der Waals surface area contributed by atoms with Crippen LogP contribution in [0.3, 0.4) is 0 Å². The number of rotatable bonds is 5. The molecule has 0 aliphatic heterocycles. The Bertz CT molecular complexity index is 564. The second-order valence-electron chi connectivity index (χ2n) is 4.27. The van der Waals surface area contributed by atoms with Crippen molar-refractivity contribution in [1.82, 2.24) is 0 Å². The van der Waals surface area contributed by atoms with E-state index in [-0.39, 0.29) is 0 Å². The second kappa shape index (κ2) is 7.21. The molecule has 5 heteroatoms. The van der Waals surface area contributed by atoms with Crippen molar-refractivity contribution < 1.29 is 4.74 Å². The lowest BCUT2D eigenvalue weighted by Crippen LogP contribution is -2.05. The van der Waals surface area contributed by atoms with Gasteiger partial charge in [-0.3, -0.25) is 0 Å². The molecule has 2 aromatic carbocycles. The SMILES string of the molecule is COc1ccc(CCNc2c(Cl)cc(Br)cc2Cl)cc1. The average molecular weight is 375 g/mol. The molecule has 0 radical (unpaired) electrons. The molecule has 0 saturated heterocycles. The molecule has 0 spiro atoms. The Morgan fingerprint density at radius 3 is 2.25 bits per heavy atom. The van der Waals surface area contributed by atoms with Gasteiger partial charge >= 0.3 is 0 Å². The van der Waals surface area contributed by atoms with E-state index < -0.39 is 0 Å². The highest BCUT2D eigenvalue weighted by atomic mass is 79.9. The van der Waals surface area contributed by atoms with Gasteiger partial charge in [0.25, 0.3) is 0 Å². The van der Waals surface area contributed by atoms with Crippen LogP contribution in [0.5, 0.6) is 5.75 Å². The van der Waals surface area contributed by atoms with Crippen LogP contribution in [0.25, 0.3) is 0 Å². The molecule has 0 aromatic heterocycles. The number of hydrogen-bond acceptors (Lipinski definition) is 2. The standard InChI is InChI=1S/C15H14BrCl2NO/c1-20-12-4-2-10(3-5-12)6-7-19-15-13(17)8-11(16)9-14(15)18/h2-5,8-9,19H,6-7H2,1H3. The lowest BCUT2D eigenvalue weighted by molar-refractivity contribution is 0.414. The van der Waals surface area contributed by atoms with Gasteiger partial charge in [0.15, 0.2) is 0 Å². The number of halogens is 3. The molecule has 2 rings (SSSR count). The fourth-order valence-electron chi connectivity index (χ4n) is 1.84. The Hall–Kier alpha value is -0.900. The van der Waals surface area contributed by atoms with E-state index >= 15 is 0 Å². The number of methoxy groups -OCH3 is 1. The van der Waals surface area contributed by atoms with Crippen LogP contribution in [0.15, 0.2) is 40.9 Å². The predicted octanol–water partition coefficient (Wildman–Crippen LogP) is 5.42. The van der Waals surface area contributed by atoms with Gasteiger partial charge in [-0.25, -0.2) is 0 Å². The molecule has 0 bridgehead atoms. The quantitative estimate of drug-likeness (QED) is 0.754. The third-order valence-corrected chi connectivity index (χ3v) is 3.94. The first-order valence-corrected chi connectivity index (χ1v) is 7.66. The number of benzene rings is 2. The first kappa shape index (κ1) is 15.5. The maximum Gasteiger partial charge on any atom is 0.118 e. The lowest BCUT2D eigenvalue weighted by Gasteiger charge is -2.11. The molecule has 1 N–H and O–H groups in total. The minimum absolute atomic E-state index is 0.610. The molecule has 0 heterocycles. The van der Waals surface area contributed by atoms with Gasteiger partial charge in [-0.15, -0.1) is 0 Å². The van der Waals surface area contributed by atoms with Gasteiger partial charge < -0.3 is 10.1 Å². The van der Waals surface area contributed by atoms with Crippen LogP contribution in [0.4, 0.5) is 5.69 Å². The second-order valence-corrected chi connectivity index (χ2v) is 6.00. The highest BCUT2D eigenvalue weighted by molar-refractivity contribution is 9.10. The molecule has 2 nitrogen and oxygen atoms in total. The van der Waals surface area contributed by atoms with Crippen molar-refractivity contribution in [3.05, 3.63) is 56.5 Å². The van der Waals surface area contributed by atoms with Crippen LogP contribution >= 0.6 is 39.1 Å². The first-order chi connectivity index (χ1) is 9.60. The van der Waals surface area contributed by atoms with Gasteiger partial charge in [-0.05, 0) is 36.2 Å². The van der Waals surface area contributed by atoms with Crippen molar-refractivity contribution in [2.45, 2.75) is 6.42 Å². The maximum absolute atomic E-state index is 6.16. The minimum Gasteiger partial charge on any atom is -0.497 e. The van der Waals surface area contributed by atoms with Gasteiger partial charge in [-0.2, -0.15) is 0 Å². The summed E-state index contributed by atoms with van der Waals surface area (Å²) in [4.78, 5) is 0. The minimum atomic E-state index is 0.610. The molecular weight excluding hydrogens is 361 g/mol. The largest absolute Gasteiger partial charge is 0.497 e. The Labute approximate surface area is 137 Å². The van der Waals surface area contributed by atoms with Crippen LogP contribution in [0, 0.1) is 0 Å². The third-order valence-electron chi connectivity index (χ3n) is 2.88. The van der Waals surface area contributed by atoms with Crippen molar-refractivity contribution in [2.75, 3.05) is 19.0 Å². The van der Waals surface area contributed by atoms with E-state index in [1.165, 1.54) is 5.56 Å². The Morgan fingerprint density at radius 1 is 1.10 bits per heavy atom. The first-order valence-electron chi connectivity index (χ1n) is 6.11. The molecule has 0 aliphatic rings. The van der Waals surface area contributed by atoms with E-state index in [1.807, 2.05) is 36.4 Å². The summed E-state index contributed by atoms with van der Waals surface area (Å²) in [6.45, 7) is 0.757. The lowest BCUT2D eigenvalue weighted by atomic mass is 10.1. The highest BCUT2D eigenvalue weighted by Gasteiger charge is 2.06. The van der Waals surface area contributed by atoms with Crippen LogP contribution in [0.1, 0.15) is 5.56 Å². The van der Waals surface area contributed by atoms with Crippen LogP contribution in [-0.4, -0.2) is 13.7 Å². The average Bonchev–Trinajstić information content (AvgIpc) is 2.42. The van der Waals surface area contributed by atoms with Gasteiger partial charge in [-0.1, -0.05) is 51.3 Å². The molecule has 0 atom stereocenters. The van der Waals surface area contributed by atoms with E-state index in [2.05, 4.69) is 21.2 Å². The molecule has 0 aliphatic carbocycles. The normalized spacial score (nSPS) is 10.4. The number of nitrogens with one attached hydrogen (secondary N) is 1. The summed E-state index contributed by atoms with van der Waals surface area (Å²) < 4.78 is 6.00. The zero-order valence-electron chi connectivity index (χ0n) is 10.9. The Morgan fingerprint density at radius 2 is 1.70 bits per heavy atom. The monoisotopic (exact) mass is 373 g/mol. The number of anilines is 1. The summed E-state index contributed by atoms with van der Waals surface area (Å²) in [5, 5.41) is 4.49. The molecule has 20 heavy (non-hydrogen) atoms. The summed E-state index contributed by atoms with van der Waals surface area (Å²) in [6.07, 6.45) is 0.882. The molecule has 0 fully saturated rings. The Kier molecular flexibility index (Phi) is 5.58. The van der Waals surface area contributed by atoms with E-state index in [0.717, 1.165) is 28.9 Å². The summed E-state index contributed by atoms with van der Waals surface area (Å²) >= 11 is 15.7. The van der Waals surface area contributed by atoms with Gasteiger partial charge in [0.1, 0.15) is 5.75 Å². The molecular formula is C15H14BrCl2NO. The molecule has 106 valence electrons. The van der Waals surface area contributed by atoms with E-state index in [1.54, 1.807) is 7.11 Å². The number of ether oxygens (including phenoxy) is 1. The van der Waals surface area contributed by atoms with Crippen molar-refractivity contribution in [2.24, 2.45) is 0 Å². The van der Waals surface area contributed by atoms with E-state index in [0.29, 0.717) is 10.0 Å². The fourth-order valence-corrected chi connectivity index (χ4v) is 3.18. The van der Waals surface area contributed by atoms with Gasteiger partial charge in [0.05, 0.1) is 22.8 Å². The van der Waals surface area contributed by atoms with Crippen molar-refractivity contribution in [3.63, 3.8) is 0 Å². The molecule has 0 unspecified atom stereocenters. The zero-order chi connectivity index (χ0) is 14.5. The smallest absolute Gasteiger partial charge is 0.118 e. The van der Waals surface area contributed by atoms with Gasteiger partial charge in [0, 0.05) is 11.0 Å². The topological polar surface area (TPSA) is 21.3 Å². The van der Waals surface area contributed by atoms with Crippen molar-refractivity contribution >= 4 is 44.8 Å². The fraction of sp³-hybridized carbons (Fsp3) is 0.200. The summed E-state index contributed by atoms with van der Waals surface area (Å²) in [6, 6.07) is 11.6. The van der Waals surface area contributed by atoms with Gasteiger partial charge in [0.2, 0.25) is 0 Å². The molecule has 0 saturated carbocycles. The maximum atomic E-state index is 6.16. The summed E-state index contributed by atoms with van der Waals surface area (Å²) in [5.41, 5.74) is 1.99. The molecule has 2 aromatic rings. The van der Waals surface area contributed by atoms with E-state index in [9.17, 15) is 0 Å². The van der Waals surface area contributed by atoms with Crippen LogP contribution < -0.4 is 10.1 Å². The summed E-state index contributed by atoms with van der Waals surface area (Å²) in [5.74, 6) is 0.862. The zero-order valence-corrected chi connectivity index (χ0v) is 14.0. The van der Waals surface area contributed by atoms with Crippen molar-refractivity contribution in [3.8, 4) is 5.75 Å².